The molecule has 1 aromatic heterocycles. The molecule has 0 aliphatic rings. The van der Waals surface area contributed by atoms with Gasteiger partial charge in [0.05, 0.1) is 22.8 Å². The molecule has 2 atom stereocenters. The largest absolute Gasteiger partial charge is 0.338 e. The smallest absolute Gasteiger partial charge is 0.239 e. The molecule has 20 heavy (non-hydrogen) atoms. The molecule has 0 unspecified atom stereocenters. The molecule has 0 aliphatic heterocycles. The van der Waals surface area contributed by atoms with Gasteiger partial charge in [0.25, 0.3) is 0 Å². The van der Waals surface area contributed by atoms with E-state index >= 15 is 0 Å². The van der Waals surface area contributed by atoms with Gasteiger partial charge in [0, 0.05) is 7.05 Å². The summed E-state index contributed by atoms with van der Waals surface area (Å²) in [5, 5.41) is 0.943. The molecule has 0 radical (unpaired) electrons. The van der Waals surface area contributed by atoms with E-state index in [0.717, 1.165) is 21.6 Å². The molecule has 0 saturated heterocycles. The highest BCUT2D eigenvalue weighted by Gasteiger charge is 2.23. The van der Waals surface area contributed by atoms with Gasteiger partial charge in [-0.15, -0.1) is 11.3 Å². The van der Waals surface area contributed by atoms with E-state index < -0.39 is 6.04 Å². The highest BCUT2D eigenvalue weighted by Crippen LogP contribution is 2.22. The van der Waals surface area contributed by atoms with Gasteiger partial charge < -0.3 is 10.6 Å². The van der Waals surface area contributed by atoms with Crippen molar-refractivity contribution in [3.8, 4) is 0 Å². The van der Waals surface area contributed by atoms with E-state index in [4.69, 9.17) is 5.73 Å². The maximum absolute atomic E-state index is 12.2. The predicted octanol–water partition coefficient (Wildman–Crippen LogP) is 2.63. The minimum atomic E-state index is -0.431. The Morgan fingerprint density at radius 3 is 2.80 bits per heavy atom. The molecular formula is C15H21N3OS. The summed E-state index contributed by atoms with van der Waals surface area (Å²) in [7, 11) is 1.79. The number of hydrogen-bond acceptors (Lipinski definition) is 4. The van der Waals surface area contributed by atoms with Crippen LogP contribution in [0.15, 0.2) is 24.3 Å². The van der Waals surface area contributed by atoms with Crippen LogP contribution in [0.4, 0.5) is 0 Å². The Kier molecular flexibility index (Phi) is 4.73. The van der Waals surface area contributed by atoms with E-state index in [9.17, 15) is 4.79 Å². The Morgan fingerprint density at radius 1 is 1.45 bits per heavy atom. The zero-order valence-corrected chi connectivity index (χ0v) is 13.0. The summed E-state index contributed by atoms with van der Waals surface area (Å²) >= 11 is 1.62. The fourth-order valence-electron chi connectivity index (χ4n) is 2.02. The molecule has 4 nitrogen and oxygen atoms in total. The molecule has 5 heteroatoms. The third-order valence-electron chi connectivity index (χ3n) is 3.63. The molecule has 2 rings (SSSR count). The molecule has 0 fully saturated rings. The van der Waals surface area contributed by atoms with Crippen LogP contribution in [0, 0.1) is 5.92 Å². The summed E-state index contributed by atoms with van der Waals surface area (Å²) in [6.45, 7) is 4.57. The van der Waals surface area contributed by atoms with E-state index in [1.54, 1.807) is 23.3 Å². The van der Waals surface area contributed by atoms with E-state index in [-0.39, 0.29) is 11.8 Å². The number of benzene rings is 1. The zero-order valence-electron chi connectivity index (χ0n) is 12.2. The number of nitrogens with zero attached hydrogens (tertiary/aromatic N) is 2. The van der Waals surface area contributed by atoms with Crippen molar-refractivity contribution in [2.45, 2.75) is 32.9 Å². The van der Waals surface area contributed by atoms with Crippen molar-refractivity contribution >= 4 is 27.5 Å². The van der Waals surface area contributed by atoms with Crippen LogP contribution >= 0.6 is 11.3 Å². The summed E-state index contributed by atoms with van der Waals surface area (Å²) in [5.74, 6) is 0.180. The Hall–Kier alpha value is -1.46. The fraction of sp³-hybridized carbons (Fsp3) is 0.467. The van der Waals surface area contributed by atoms with Gasteiger partial charge in [0.1, 0.15) is 5.01 Å². The third-order valence-corrected chi connectivity index (χ3v) is 4.65. The lowest BCUT2D eigenvalue weighted by Crippen LogP contribution is -2.45. The molecule has 1 amide bonds. The summed E-state index contributed by atoms with van der Waals surface area (Å²) < 4.78 is 1.15. The summed E-state index contributed by atoms with van der Waals surface area (Å²) in [6.07, 6.45) is 0.905. The minimum Gasteiger partial charge on any atom is -0.338 e. The van der Waals surface area contributed by atoms with E-state index in [2.05, 4.69) is 4.98 Å². The second kappa shape index (κ2) is 6.33. The van der Waals surface area contributed by atoms with Gasteiger partial charge in [0.2, 0.25) is 5.91 Å². The molecule has 1 aromatic carbocycles. The third kappa shape index (κ3) is 3.16. The Bertz CT molecular complexity index is 563. The molecule has 1 heterocycles. The first kappa shape index (κ1) is 14.9. The molecule has 2 aromatic rings. The van der Waals surface area contributed by atoms with Crippen LogP contribution < -0.4 is 5.73 Å². The van der Waals surface area contributed by atoms with Crippen molar-refractivity contribution in [1.29, 1.82) is 0 Å². The molecule has 0 aliphatic carbocycles. The second-order valence-electron chi connectivity index (χ2n) is 5.18. The number of likely N-dealkylation sites (N-methyl/N-ethyl adjacent to an activating group) is 1. The molecule has 0 saturated carbocycles. The van der Waals surface area contributed by atoms with E-state index in [0.29, 0.717) is 6.54 Å². The average Bonchev–Trinajstić information content (AvgIpc) is 2.86. The Labute approximate surface area is 123 Å². The summed E-state index contributed by atoms with van der Waals surface area (Å²) in [5.41, 5.74) is 6.98. The van der Waals surface area contributed by atoms with Gasteiger partial charge in [-0.3, -0.25) is 4.79 Å². The number of rotatable bonds is 5. The van der Waals surface area contributed by atoms with Gasteiger partial charge >= 0.3 is 0 Å². The van der Waals surface area contributed by atoms with E-state index in [1.807, 2.05) is 38.1 Å². The lowest BCUT2D eigenvalue weighted by atomic mass is 9.99. The number of fused-ring (bicyclic) bond motifs is 1. The van der Waals surface area contributed by atoms with Crippen molar-refractivity contribution in [2.75, 3.05) is 7.05 Å². The van der Waals surface area contributed by atoms with Gasteiger partial charge in [-0.2, -0.15) is 0 Å². The first-order valence-corrected chi connectivity index (χ1v) is 7.69. The lowest BCUT2D eigenvalue weighted by molar-refractivity contribution is -0.132. The molecule has 2 N–H and O–H groups in total. The van der Waals surface area contributed by atoms with E-state index in [1.165, 1.54) is 0 Å². The first-order chi connectivity index (χ1) is 9.52. The number of amides is 1. The first-order valence-electron chi connectivity index (χ1n) is 6.88. The summed E-state index contributed by atoms with van der Waals surface area (Å²) in [6, 6.07) is 7.57. The Morgan fingerprint density at radius 2 is 2.15 bits per heavy atom. The van der Waals surface area contributed by atoms with Crippen LogP contribution in [0.25, 0.3) is 10.2 Å². The number of thiazole rings is 1. The van der Waals surface area contributed by atoms with Gasteiger partial charge in [0.15, 0.2) is 0 Å². The normalized spacial score (nSPS) is 14.2. The number of carbonyl (C=O) groups excluding carboxylic acids is 1. The fourth-order valence-corrected chi connectivity index (χ4v) is 3.04. The van der Waals surface area contributed by atoms with Gasteiger partial charge in [-0.25, -0.2) is 4.98 Å². The molecule has 0 spiro atoms. The van der Waals surface area contributed by atoms with Crippen LogP contribution in [-0.2, 0) is 11.3 Å². The van der Waals surface area contributed by atoms with Crippen LogP contribution in [0.3, 0.4) is 0 Å². The van der Waals surface area contributed by atoms with Gasteiger partial charge in [-0.1, -0.05) is 32.4 Å². The number of para-hydroxylation sites is 1. The van der Waals surface area contributed by atoms with Crippen LogP contribution in [0.2, 0.25) is 0 Å². The monoisotopic (exact) mass is 291 g/mol. The predicted molar refractivity (Wildman–Crippen MR) is 83.5 cm³/mol. The van der Waals surface area contributed by atoms with Crippen LogP contribution in [-0.4, -0.2) is 28.9 Å². The number of aromatic nitrogens is 1. The van der Waals surface area contributed by atoms with Crippen molar-refractivity contribution in [1.82, 2.24) is 9.88 Å². The van der Waals surface area contributed by atoms with Crippen LogP contribution in [0.1, 0.15) is 25.3 Å². The van der Waals surface area contributed by atoms with Crippen molar-refractivity contribution in [2.24, 2.45) is 11.7 Å². The molecular weight excluding hydrogens is 270 g/mol. The minimum absolute atomic E-state index is 0.0152. The molecule has 108 valence electrons. The van der Waals surface area contributed by atoms with Gasteiger partial charge in [-0.05, 0) is 18.1 Å². The Balaban J connectivity index is 2.07. The second-order valence-corrected chi connectivity index (χ2v) is 6.30. The zero-order chi connectivity index (χ0) is 14.7. The maximum atomic E-state index is 12.2. The average molecular weight is 291 g/mol. The SMILES string of the molecule is CC[C@H](C)[C@H](N)C(=O)N(C)Cc1nc2ccccc2s1. The number of hydrogen-bond donors (Lipinski definition) is 1. The van der Waals surface area contributed by atoms with Crippen molar-refractivity contribution in [3.63, 3.8) is 0 Å². The lowest BCUT2D eigenvalue weighted by Gasteiger charge is -2.23. The van der Waals surface area contributed by atoms with Crippen molar-refractivity contribution < 1.29 is 4.79 Å². The standard InChI is InChI=1S/C15H21N3OS/c1-4-10(2)14(16)15(19)18(3)9-13-17-11-7-5-6-8-12(11)20-13/h5-8,10,14H,4,9,16H2,1-3H3/t10-,14-/m0/s1. The quantitative estimate of drug-likeness (QED) is 0.921. The maximum Gasteiger partial charge on any atom is 0.239 e. The highest BCUT2D eigenvalue weighted by atomic mass is 32.1. The number of carbonyl (C=O) groups is 1. The molecule has 0 bridgehead atoms. The number of nitrogens with two attached hydrogens (primary N) is 1. The topological polar surface area (TPSA) is 59.2 Å². The highest BCUT2D eigenvalue weighted by molar-refractivity contribution is 7.18. The summed E-state index contributed by atoms with van der Waals surface area (Å²) in [4.78, 5) is 18.5. The van der Waals surface area contributed by atoms with Crippen LogP contribution in [0.5, 0.6) is 0 Å². The van der Waals surface area contributed by atoms with Crippen molar-refractivity contribution in [3.05, 3.63) is 29.3 Å².